The number of aromatic hydroxyl groups is 1. The lowest BCUT2D eigenvalue weighted by Gasteiger charge is -2.17. The second kappa shape index (κ2) is 5.83. The van der Waals surface area contributed by atoms with E-state index in [4.69, 9.17) is 14.2 Å². The summed E-state index contributed by atoms with van der Waals surface area (Å²) in [5.74, 6) is 1.25. The van der Waals surface area contributed by atoms with Crippen LogP contribution in [0.4, 0.5) is 0 Å². The fourth-order valence-corrected chi connectivity index (χ4v) is 3.00. The second-order valence-corrected chi connectivity index (χ2v) is 5.33. The summed E-state index contributed by atoms with van der Waals surface area (Å²) in [6.07, 6.45) is 0.933. The number of methoxy groups -OCH3 is 3. The van der Waals surface area contributed by atoms with E-state index < -0.39 is 0 Å². The zero-order chi connectivity index (χ0) is 16.6. The molecule has 1 N–H and O–H groups in total. The molecule has 5 heteroatoms. The topological polar surface area (TPSA) is 65.0 Å². The van der Waals surface area contributed by atoms with E-state index in [0.717, 1.165) is 16.7 Å². The van der Waals surface area contributed by atoms with E-state index in [-0.39, 0.29) is 11.5 Å². The molecule has 0 spiro atoms. The third-order valence-electron chi connectivity index (χ3n) is 4.14. The van der Waals surface area contributed by atoms with Gasteiger partial charge in [0.05, 0.1) is 21.3 Å². The predicted octanol–water partition coefficient (Wildman–Crippen LogP) is 3.21. The minimum atomic E-state index is -0.0649. The quantitative estimate of drug-likeness (QED) is 0.942. The molecule has 2 aromatic carbocycles. The molecule has 0 saturated heterocycles. The van der Waals surface area contributed by atoms with Gasteiger partial charge in [-0.05, 0) is 41.8 Å². The van der Waals surface area contributed by atoms with Crippen molar-refractivity contribution in [3.8, 4) is 34.1 Å². The summed E-state index contributed by atoms with van der Waals surface area (Å²) < 4.78 is 15.8. The van der Waals surface area contributed by atoms with Gasteiger partial charge in [0, 0.05) is 17.5 Å². The number of Topliss-reactive ketones (excluding diaryl/α,β-unsaturated/α-hetero) is 1. The van der Waals surface area contributed by atoms with Gasteiger partial charge in [-0.25, -0.2) is 0 Å². The monoisotopic (exact) mass is 314 g/mol. The molecule has 0 unspecified atom stereocenters. The maximum absolute atomic E-state index is 12.5. The molecule has 1 aliphatic carbocycles. The Bertz CT molecular complexity index is 779. The van der Waals surface area contributed by atoms with Crippen LogP contribution in [0.15, 0.2) is 24.3 Å². The van der Waals surface area contributed by atoms with Crippen LogP contribution in [0.5, 0.6) is 23.0 Å². The summed E-state index contributed by atoms with van der Waals surface area (Å²) >= 11 is 0. The third-order valence-corrected chi connectivity index (χ3v) is 4.14. The molecule has 1 aliphatic rings. The van der Waals surface area contributed by atoms with Crippen molar-refractivity contribution in [2.45, 2.75) is 12.8 Å². The van der Waals surface area contributed by atoms with Gasteiger partial charge in [0.15, 0.2) is 17.3 Å². The molecule has 0 bridgehead atoms. The van der Waals surface area contributed by atoms with Crippen molar-refractivity contribution in [3.05, 3.63) is 35.4 Å². The van der Waals surface area contributed by atoms with E-state index in [1.54, 1.807) is 25.3 Å². The maximum atomic E-state index is 12.5. The highest BCUT2D eigenvalue weighted by atomic mass is 16.5. The van der Waals surface area contributed by atoms with Gasteiger partial charge in [-0.1, -0.05) is 0 Å². The van der Waals surface area contributed by atoms with Gasteiger partial charge in [-0.2, -0.15) is 0 Å². The average molecular weight is 314 g/mol. The molecular weight excluding hydrogens is 296 g/mol. The van der Waals surface area contributed by atoms with Crippen molar-refractivity contribution in [3.63, 3.8) is 0 Å². The highest BCUT2D eigenvalue weighted by Crippen LogP contribution is 2.48. The zero-order valence-electron chi connectivity index (χ0n) is 13.3. The first kappa shape index (κ1) is 15.2. The highest BCUT2D eigenvalue weighted by molar-refractivity contribution is 6.05. The normalized spacial score (nSPS) is 12.9. The highest BCUT2D eigenvalue weighted by Gasteiger charge is 2.27. The van der Waals surface area contributed by atoms with Crippen LogP contribution in [0, 0.1) is 0 Å². The number of ketones is 1. The van der Waals surface area contributed by atoms with E-state index in [1.807, 2.05) is 6.07 Å². The Balaban J connectivity index is 2.35. The van der Waals surface area contributed by atoms with E-state index in [2.05, 4.69) is 0 Å². The lowest BCUT2D eigenvalue weighted by atomic mass is 9.94. The first-order chi connectivity index (χ1) is 11.1. The Hall–Kier alpha value is -2.69. The Morgan fingerprint density at radius 3 is 2.39 bits per heavy atom. The maximum Gasteiger partial charge on any atom is 0.201 e. The molecule has 0 amide bonds. The lowest BCUT2D eigenvalue weighted by Crippen LogP contribution is -2.00. The predicted molar refractivity (Wildman–Crippen MR) is 85.9 cm³/mol. The molecule has 0 fully saturated rings. The third kappa shape index (κ3) is 2.38. The van der Waals surface area contributed by atoms with Crippen LogP contribution in [0.1, 0.15) is 22.3 Å². The molecule has 0 aromatic heterocycles. The molecule has 120 valence electrons. The molecule has 0 saturated carbocycles. The van der Waals surface area contributed by atoms with Gasteiger partial charge >= 0.3 is 0 Å². The summed E-state index contributed by atoms with van der Waals surface area (Å²) in [4.78, 5) is 12.5. The van der Waals surface area contributed by atoms with Crippen molar-refractivity contribution in [1.29, 1.82) is 0 Å². The number of phenolic OH excluding ortho intramolecular Hbond substituents is 1. The van der Waals surface area contributed by atoms with Crippen LogP contribution in [0.2, 0.25) is 0 Å². The molecule has 2 aromatic rings. The fraction of sp³-hybridized carbons (Fsp3) is 0.278. The van der Waals surface area contributed by atoms with E-state index in [0.29, 0.717) is 35.7 Å². The minimum absolute atomic E-state index is 0.0376. The van der Waals surface area contributed by atoms with Crippen LogP contribution in [0.3, 0.4) is 0 Å². The van der Waals surface area contributed by atoms with E-state index >= 15 is 0 Å². The largest absolute Gasteiger partial charge is 0.502 e. The van der Waals surface area contributed by atoms with Crippen molar-refractivity contribution >= 4 is 5.78 Å². The number of phenols is 1. The molecule has 0 aliphatic heterocycles. The van der Waals surface area contributed by atoms with Gasteiger partial charge in [0.2, 0.25) is 5.75 Å². The molecule has 3 rings (SSSR count). The van der Waals surface area contributed by atoms with Gasteiger partial charge in [-0.3, -0.25) is 4.79 Å². The van der Waals surface area contributed by atoms with Gasteiger partial charge in [-0.15, -0.1) is 0 Å². The standard InChI is InChI=1S/C18H18O5/c1-21-11-5-6-12-13(9-11)14(19)7-4-10-8-15(22-2)17(20)18(23-3)16(10)12/h5-6,8-9,20H,4,7H2,1-3H3. The fourth-order valence-electron chi connectivity index (χ4n) is 3.00. The van der Waals surface area contributed by atoms with Crippen molar-refractivity contribution in [2.75, 3.05) is 21.3 Å². The molecular formula is C18H18O5. The summed E-state index contributed by atoms with van der Waals surface area (Å²) in [5.41, 5.74) is 2.95. The summed E-state index contributed by atoms with van der Waals surface area (Å²) in [7, 11) is 4.54. The molecule has 0 radical (unpaired) electrons. The van der Waals surface area contributed by atoms with Crippen LogP contribution in [-0.2, 0) is 6.42 Å². The number of ether oxygens (including phenoxy) is 3. The summed E-state index contributed by atoms with van der Waals surface area (Å²) in [6, 6.07) is 7.11. The second-order valence-electron chi connectivity index (χ2n) is 5.33. The number of carbonyl (C=O) groups is 1. The van der Waals surface area contributed by atoms with Crippen LogP contribution >= 0.6 is 0 Å². The molecule has 23 heavy (non-hydrogen) atoms. The summed E-state index contributed by atoms with van der Waals surface area (Å²) in [5, 5.41) is 10.4. The Kier molecular flexibility index (Phi) is 3.86. The van der Waals surface area contributed by atoms with E-state index in [1.165, 1.54) is 14.2 Å². The lowest BCUT2D eigenvalue weighted by molar-refractivity contribution is 0.0984. The van der Waals surface area contributed by atoms with E-state index in [9.17, 15) is 9.90 Å². The number of aryl methyl sites for hydroxylation is 1. The van der Waals surface area contributed by atoms with Crippen molar-refractivity contribution < 1.29 is 24.1 Å². The molecule has 0 heterocycles. The summed E-state index contributed by atoms with van der Waals surface area (Å²) in [6.45, 7) is 0. The Morgan fingerprint density at radius 1 is 0.957 bits per heavy atom. The SMILES string of the molecule is COc1ccc2c(c1)C(=O)CCc1cc(OC)c(O)c(OC)c1-2. The number of fused-ring (bicyclic) bond motifs is 3. The van der Waals surface area contributed by atoms with Gasteiger partial charge < -0.3 is 19.3 Å². The number of rotatable bonds is 3. The Morgan fingerprint density at radius 2 is 1.74 bits per heavy atom. The van der Waals surface area contributed by atoms with Gasteiger partial charge in [0.1, 0.15) is 5.75 Å². The first-order valence-corrected chi connectivity index (χ1v) is 7.29. The number of hydrogen-bond acceptors (Lipinski definition) is 5. The molecule has 0 atom stereocenters. The van der Waals surface area contributed by atoms with Crippen LogP contribution < -0.4 is 14.2 Å². The Labute approximate surface area is 134 Å². The zero-order valence-corrected chi connectivity index (χ0v) is 13.3. The first-order valence-electron chi connectivity index (χ1n) is 7.29. The van der Waals surface area contributed by atoms with Crippen LogP contribution in [-0.4, -0.2) is 32.2 Å². The minimum Gasteiger partial charge on any atom is -0.502 e. The number of benzene rings is 2. The number of hydrogen-bond donors (Lipinski definition) is 1. The number of carbonyl (C=O) groups excluding carboxylic acids is 1. The molecule has 5 nitrogen and oxygen atoms in total. The average Bonchev–Trinajstić information content (AvgIpc) is 2.71. The van der Waals surface area contributed by atoms with Crippen molar-refractivity contribution in [2.24, 2.45) is 0 Å². The van der Waals surface area contributed by atoms with Gasteiger partial charge in [0.25, 0.3) is 0 Å². The van der Waals surface area contributed by atoms with Crippen molar-refractivity contribution in [1.82, 2.24) is 0 Å². The van der Waals surface area contributed by atoms with Crippen LogP contribution in [0.25, 0.3) is 11.1 Å². The smallest absolute Gasteiger partial charge is 0.201 e.